The van der Waals surface area contributed by atoms with E-state index in [2.05, 4.69) is 15.5 Å². The average Bonchev–Trinajstić information content (AvgIpc) is 3.19. The van der Waals surface area contributed by atoms with Gasteiger partial charge in [-0.2, -0.15) is 0 Å². The number of nitrogens with zero attached hydrogens (tertiary/aromatic N) is 3. The molecule has 2 aromatic rings. The van der Waals surface area contributed by atoms with Gasteiger partial charge in [0.1, 0.15) is 23.5 Å². The molecule has 12 heteroatoms. The van der Waals surface area contributed by atoms with Crippen molar-refractivity contribution >= 4 is 57.9 Å². The first-order chi connectivity index (χ1) is 19.3. The molecule has 0 saturated carbocycles. The summed E-state index contributed by atoms with van der Waals surface area (Å²) in [5.74, 6) is 0.834. The van der Waals surface area contributed by atoms with E-state index < -0.39 is 35.7 Å². The standard InChI is InChI=1S/C29H45Cl2N5O5/c1-8-40-27(38)23(17-19(2)3)33-26(37)21(34-28(39)41-29(4,5)6)10-12-25-32-22-18-20(9-11-24(22)35(25)7)36(15-13-30)16-14-31/h9,11,18-19,21,23H,8,10,12-17H2,1-7H3,(H,33,37)(H,34,39)/t21-,23+/m0/s1. The number of halogens is 2. The number of imidazole rings is 1. The van der Waals surface area contributed by atoms with Gasteiger partial charge in [-0.3, -0.25) is 4.79 Å². The lowest BCUT2D eigenvalue weighted by molar-refractivity contribution is -0.148. The highest BCUT2D eigenvalue weighted by atomic mass is 35.5. The van der Waals surface area contributed by atoms with Crippen LogP contribution in [0.25, 0.3) is 11.0 Å². The summed E-state index contributed by atoms with van der Waals surface area (Å²) in [7, 11) is 1.91. The number of fused-ring (bicyclic) bond motifs is 1. The molecule has 41 heavy (non-hydrogen) atoms. The Hall–Kier alpha value is -2.72. The number of rotatable bonds is 15. The second-order valence-electron chi connectivity index (χ2n) is 11.3. The summed E-state index contributed by atoms with van der Waals surface area (Å²) in [5.41, 5.74) is 1.96. The number of aryl methyl sites for hydroxylation is 2. The fourth-order valence-corrected chi connectivity index (χ4v) is 4.83. The molecule has 0 bridgehead atoms. The number of benzene rings is 1. The molecular formula is C29H45Cl2N5O5. The van der Waals surface area contributed by atoms with E-state index in [0.29, 0.717) is 37.7 Å². The number of alkyl carbamates (subject to hydrolysis) is 1. The van der Waals surface area contributed by atoms with Crippen molar-refractivity contribution in [2.75, 3.05) is 36.4 Å². The van der Waals surface area contributed by atoms with Crippen LogP contribution in [0.1, 0.15) is 60.2 Å². The van der Waals surface area contributed by atoms with E-state index in [1.807, 2.05) is 43.7 Å². The number of alkyl halides is 2. The molecule has 1 aromatic carbocycles. The molecule has 0 radical (unpaired) electrons. The van der Waals surface area contributed by atoms with Crippen molar-refractivity contribution in [2.45, 2.75) is 78.5 Å². The van der Waals surface area contributed by atoms with Crippen LogP contribution in [0.5, 0.6) is 0 Å². The lowest BCUT2D eigenvalue weighted by atomic mass is 10.0. The first-order valence-electron chi connectivity index (χ1n) is 14.1. The Morgan fingerprint density at radius 1 is 1.07 bits per heavy atom. The monoisotopic (exact) mass is 613 g/mol. The van der Waals surface area contributed by atoms with Crippen LogP contribution in [0.4, 0.5) is 10.5 Å². The molecule has 2 N–H and O–H groups in total. The van der Waals surface area contributed by atoms with Crippen molar-refractivity contribution in [3.63, 3.8) is 0 Å². The van der Waals surface area contributed by atoms with Gasteiger partial charge in [-0.15, -0.1) is 23.2 Å². The minimum atomic E-state index is -0.966. The van der Waals surface area contributed by atoms with Crippen molar-refractivity contribution in [3.05, 3.63) is 24.0 Å². The molecule has 1 heterocycles. The molecule has 10 nitrogen and oxygen atoms in total. The molecule has 0 saturated heterocycles. The van der Waals surface area contributed by atoms with E-state index in [-0.39, 0.29) is 18.9 Å². The molecule has 2 rings (SSSR count). The minimum Gasteiger partial charge on any atom is -0.464 e. The number of anilines is 1. The number of aromatic nitrogens is 2. The molecule has 0 unspecified atom stereocenters. The summed E-state index contributed by atoms with van der Waals surface area (Å²) < 4.78 is 12.5. The predicted octanol–water partition coefficient (Wildman–Crippen LogP) is 4.78. The van der Waals surface area contributed by atoms with Crippen molar-refractivity contribution in [1.29, 1.82) is 0 Å². The number of esters is 1. The maximum absolute atomic E-state index is 13.4. The molecule has 1 aromatic heterocycles. The van der Waals surface area contributed by atoms with E-state index in [0.717, 1.165) is 22.5 Å². The fourth-order valence-electron chi connectivity index (χ4n) is 4.43. The van der Waals surface area contributed by atoms with Crippen LogP contribution in [0.2, 0.25) is 0 Å². The topological polar surface area (TPSA) is 115 Å². The molecule has 0 fully saturated rings. The van der Waals surface area contributed by atoms with Crippen molar-refractivity contribution in [1.82, 2.24) is 20.2 Å². The van der Waals surface area contributed by atoms with Gasteiger partial charge in [0.15, 0.2) is 0 Å². The Bertz CT molecular complexity index is 1160. The Morgan fingerprint density at radius 2 is 1.73 bits per heavy atom. The number of carbonyl (C=O) groups is 3. The Labute approximate surface area is 253 Å². The van der Waals surface area contributed by atoms with Crippen LogP contribution in [0.15, 0.2) is 18.2 Å². The molecule has 2 atom stereocenters. The van der Waals surface area contributed by atoms with Gasteiger partial charge in [0, 0.05) is 44.0 Å². The van der Waals surface area contributed by atoms with Crippen LogP contribution in [0, 0.1) is 5.92 Å². The summed E-state index contributed by atoms with van der Waals surface area (Å²) in [5, 5.41) is 5.47. The highest BCUT2D eigenvalue weighted by Crippen LogP contribution is 2.23. The Kier molecular flexibility index (Phi) is 13.5. The zero-order valence-corrected chi connectivity index (χ0v) is 26.8. The van der Waals surface area contributed by atoms with Gasteiger partial charge in [0.25, 0.3) is 0 Å². The van der Waals surface area contributed by atoms with Crippen LogP contribution in [-0.2, 0) is 32.5 Å². The Balaban J connectivity index is 2.29. The quantitative estimate of drug-likeness (QED) is 0.219. The van der Waals surface area contributed by atoms with E-state index in [1.165, 1.54) is 0 Å². The van der Waals surface area contributed by atoms with Crippen LogP contribution in [0.3, 0.4) is 0 Å². The third-order valence-electron chi connectivity index (χ3n) is 6.29. The summed E-state index contributed by atoms with van der Waals surface area (Å²) in [6.45, 7) is 12.4. The summed E-state index contributed by atoms with van der Waals surface area (Å²) in [6.07, 6.45) is 0.302. The van der Waals surface area contributed by atoms with Gasteiger partial charge in [0.2, 0.25) is 5.91 Å². The summed E-state index contributed by atoms with van der Waals surface area (Å²) in [4.78, 5) is 45.5. The van der Waals surface area contributed by atoms with Gasteiger partial charge >= 0.3 is 12.1 Å². The molecule has 0 spiro atoms. The number of hydrogen-bond donors (Lipinski definition) is 2. The second-order valence-corrected chi connectivity index (χ2v) is 12.1. The molecule has 2 amide bonds. The van der Waals surface area contributed by atoms with Gasteiger partial charge in [-0.05, 0) is 64.7 Å². The second kappa shape index (κ2) is 16.1. The molecule has 0 aliphatic carbocycles. The number of amides is 2. The van der Waals surface area contributed by atoms with Crippen molar-refractivity contribution in [3.8, 4) is 0 Å². The lowest BCUT2D eigenvalue weighted by Gasteiger charge is -2.25. The highest BCUT2D eigenvalue weighted by Gasteiger charge is 2.30. The first kappa shape index (κ1) is 34.5. The third kappa shape index (κ3) is 10.9. The zero-order valence-electron chi connectivity index (χ0n) is 25.3. The molecule has 0 aliphatic rings. The number of carbonyl (C=O) groups excluding carboxylic acids is 3. The number of nitrogens with one attached hydrogen (secondary N) is 2. The molecule has 230 valence electrons. The first-order valence-corrected chi connectivity index (χ1v) is 15.1. The van der Waals surface area contributed by atoms with Crippen molar-refractivity contribution < 1.29 is 23.9 Å². The maximum atomic E-state index is 13.4. The predicted molar refractivity (Wildman–Crippen MR) is 164 cm³/mol. The molecule has 0 aliphatic heterocycles. The van der Waals surface area contributed by atoms with Gasteiger partial charge in [-0.1, -0.05) is 13.8 Å². The smallest absolute Gasteiger partial charge is 0.408 e. The van der Waals surface area contributed by atoms with Gasteiger partial charge in [-0.25, -0.2) is 14.6 Å². The van der Waals surface area contributed by atoms with E-state index in [1.54, 1.807) is 27.7 Å². The number of ether oxygens (including phenoxy) is 2. The van der Waals surface area contributed by atoms with Gasteiger partial charge in [0.05, 0.1) is 17.6 Å². The maximum Gasteiger partial charge on any atom is 0.408 e. The summed E-state index contributed by atoms with van der Waals surface area (Å²) in [6, 6.07) is 4.21. The van der Waals surface area contributed by atoms with Crippen LogP contribution >= 0.6 is 23.2 Å². The third-order valence-corrected chi connectivity index (χ3v) is 6.63. The number of hydrogen-bond acceptors (Lipinski definition) is 7. The largest absolute Gasteiger partial charge is 0.464 e. The Morgan fingerprint density at radius 3 is 2.29 bits per heavy atom. The highest BCUT2D eigenvalue weighted by molar-refractivity contribution is 6.18. The summed E-state index contributed by atoms with van der Waals surface area (Å²) >= 11 is 12.0. The average molecular weight is 615 g/mol. The SMILES string of the molecule is CCOC(=O)[C@@H](CC(C)C)NC(=O)[C@H](CCc1nc2cc(N(CCCl)CCCl)ccc2n1C)NC(=O)OC(C)(C)C. The van der Waals surface area contributed by atoms with E-state index in [4.69, 9.17) is 37.7 Å². The molecular weight excluding hydrogens is 569 g/mol. The minimum absolute atomic E-state index is 0.136. The van der Waals surface area contributed by atoms with Gasteiger partial charge < -0.3 is 29.6 Å². The van der Waals surface area contributed by atoms with E-state index >= 15 is 0 Å². The normalized spacial score (nSPS) is 13.1. The van der Waals surface area contributed by atoms with Crippen LogP contribution in [-0.4, -0.2) is 76.7 Å². The van der Waals surface area contributed by atoms with E-state index in [9.17, 15) is 14.4 Å². The van der Waals surface area contributed by atoms with Crippen molar-refractivity contribution in [2.24, 2.45) is 13.0 Å². The zero-order chi connectivity index (χ0) is 30.7. The van der Waals surface area contributed by atoms with Crippen LogP contribution < -0.4 is 15.5 Å². The lowest BCUT2D eigenvalue weighted by Crippen LogP contribution is -2.53. The fraction of sp³-hybridized carbons (Fsp3) is 0.655.